The molecule has 34 heavy (non-hydrogen) atoms. The van der Waals surface area contributed by atoms with E-state index in [9.17, 15) is 26.8 Å². The van der Waals surface area contributed by atoms with Crippen LogP contribution in [0.25, 0.3) is 0 Å². The van der Waals surface area contributed by atoms with Crippen LogP contribution in [0.2, 0.25) is 0 Å². The molecule has 2 amide bonds. The van der Waals surface area contributed by atoms with E-state index in [2.05, 4.69) is 5.32 Å². The summed E-state index contributed by atoms with van der Waals surface area (Å²) in [5, 5.41) is 2.71. The SMILES string of the molecule is CCCNC(=O)C(C)N(Cc1ccc(F)cc1)C(=O)CN(c1ccccc1F)S(=O)(=O)N(C)C. The van der Waals surface area contributed by atoms with Crippen LogP contribution in [0.1, 0.15) is 25.8 Å². The van der Waals surface area contributed by atoms with Gasteiger partial charge in [0.05, 0.1) is 5.69 Å². The number of halogens is 2. The molecule has 0 bridgehead atoms. The molecule has 8 nitrogen and oxygen atoms in total. The first-order chi connectivity index (χ1) is 16.0. The van der Waals surface area contributed by atoms with Crippen molar-refractivity contribution < 1.29 is 26.8 Å². The van der Waals surface area contributed by atoms with Crippen LogP contribution < -0.4 is 9.62 Å². The zero-order chi connectivity index (χ0) is 25.5. The first-order valence-corrected chi connectivity index (χ1v) is 12.1. The highest BCUT2D eigenvalue weighted by molar-refractivity contribution is 7.90. The van der Waals surface area contributed by atoms with E-state index >= 15 is 0 Å². The Morgan fingerprint density at radius 1 is 1.03 bits per heavy atom. The Labute approximate surface area is 199 Å². The fourth-order valence-electron chi connectivity index (χ4n) is 3.12. The summed E-state index contributed by atoms with van der Waals surface area (Å²) in [5.74, 6) is -2.43. The number of nitrogens with zero attached hydrogens (tertiary/aromatic N) is 3. The molecule has 0 aromatic heterocycles. The predicted molar refractivity (Wildman–Crippen MR) is 126 cm³/mol. The summed E-state index contributed by atoms with van der Waals surface area (Å²) >= 11 is 0. The first kappa shape index (κ1) is 27.2. The Balaban J connectivity index is 2.44. The molecular weight excluding hydrogens is 466 g/mol. The molecule has 0 aliphatic carbocycles. The highest BCUT2D eigenvalue weighted by Crippen LogP contribution is 2.23. The summed E-state index contributed by atoms with van der Waals surface area (Å²) in [6.07, 6.45) is 0.687. The number of benzene rings is 2. The Hall–Kier alpha value is -3.05. The topological polar surface area (TPSA) is 90.0 Å². The predicted octanol–water partition coefficient (Wildman–Crippen LogP) is 2.52. The minimum atomic E-state index is -4.25. The summed E-state index contributed by atoms with van der Waals surface area (Å²) in [5.41, 5.74) is 0.243. The lowest BCUT2D eigenvalue weighted by Crippen LogP contribution is -2.52. The number of hydrogen-bond acceptors (Lipinski definition) is 4. The van der Waals surface area contributed by atoms with Crippen molar-refractivity contribution >= 4 is 27.7 Å². The lowest BCUT2D eigenvalue weighted by molar-refractivity contribution is -0.139. The third kappa shape index (κ3) is 6.73. The maximum atomic E-state index is 14.5. The van der Waals surface area contributed by atoms with Crippen molar-refractivity contribution in [2.24, 2.45) is 0 Å². The molecule has 0 spiro atoms. The van der Waals surface area contributed by atoms with Gasteiger partial charge in [-0.25, -0.2) is 13.1 Å². The number of carbonyl (C=O) groups is 2. The molecule has 0 aliphatic rings. The molecule has 0 fully saturated rings. The molecule has 2 rings (SSSR count). The zero-order valence-corrected chi connectivity index (χ0v) is 20.5. The zero-order valence-electron chi connectivity index (χ0n) is 19.7. The number of anilines is 1. The van der Waals surface area contributed by atoms with Gasteiger partial charge in [-0.05, 0) is 43.2 Å². The van der Waals surface area contributed by atoms with Crippen molar-refractivity contribution in [3.63, 3.8) is 0 Å². The molecule has 11 heteroatoms. The van der Waals surface area contributed by atoms with Gasteiger partial charge < -0.3 is 10.2 Å². The molecule has 1 unspecified atom stereocenters. The summed E-state index contributed by atoms with van der Waals surface area (Å²) in [6.45, 7) is 2.98. The van der Waals surface area contributed by atoms with Crippen LogP contribution in [0.5, 0.6) is 0 Å². The normalized spacial score (nSPS) is 12.3. The van der Waals surface area contributed by atoms with Crippen molar-refractivity contribution in [3.05, 3.63) is 65.7 Å². The summed E-state index contributed by atoms with van der Waals surface area (Å²) in [4.78, 5) is 27.3. The van der Waals surface area contributed by atoms with E-state index in [1.54, 1.807) is 0 Å². The van der Waals surface area contributed by atoms with Crippen molar-refractivity contribution in [1.82, 2.24) is 14.5 Å². The quantitative estimate of drug-likeness (QED) is 0.518. The maximum Gasteiger partial charge on any atom is 0.304 e. The molecular formula is C23H30F2N4O4S. The van der Waals surface area contributed by atoms with Crippen LogP contribution in [0.15, 0.2) is 48.5 Å². The fraction of sp³-hybridized carbons (Fsp3) is 0.391. The molecule has 186 valence electrons. The molecule has 0 heterocycles. The molecule has 0 saturated carbocycles. The van der Waals surface area contributed by atoms with Gasteiger partial charge in [-0.1, -0.05) is 31.2 Å². The van der Waals surface area contributed by atoms with Gasteiger partial charge in [-0.15, -0.1) is 0 Å². The van der Waals surface area contributed by atoms with Gasteiger partial charge >= 0.3 is 10.2 Å². The van der Waals surface area contributed by atoms with Crippen molar-refractivity contribution in [2.75, 3.05) is 31.5 Å². The van der Waals surface area contributed by atoms with E-state index in [0.29, 0.717) is 22.8 Å². The van der Waals surface area contributed by atoms with Crippen LogP contribution >= 0.6 is 0 Å². The summed E-state index contributed by atoms with van der Waals surface area (Å²) < 4.78 is 55.4. The molecule has 0 aliphatic heterocycles. The van der Waals surface area contributed by atoms with E-state index in [-0.39, 0.29) is 12.2 Å². The van der Waals surface area contributed by atoms with Crippen LogP contribution in [-0.4, -0.2) is 62.7 Å². The molecule has 0 saturated heterocycles. The van der Waals surface area contributed by atoms with Gasteiger partial charge in [0.2, 0.25) is 11.8 Å². The van der Waals surface area contributed by atoms with Crippen LogP contribution in [-0.2, 0) is 26.3 Å². The summed E-state index contributed by atoms with van der Waals surface area (Å²) in [7, 11) is -1.72. The molecule has 0 radical (unpaired) electrons. The Kier molecular flexibility index (Phi) is 9.51. The second-order valence-electron chi connectivity index (χ2n) is 7.86. The monoisotopic (exact) mass is 496 g/mol. The second-order valence-corrected chi connectivity index (χ2v) is 9.93. The lowest BCUT2D eigenvalue weighted by Gasteiger charge is -2.32. The van der Waals surface area contributed by atoms with Crippen LogP contribution in [0.3, 0.4) is 0 Å². The van der Waals surface area contributed by atoms with Gasteiger partial charge in [0.15, 0.2) is 0 Å². The number of amides is 2. The van der Waals surface area contributed by atoms with Gasteiger partial charge in [0, 0.05) is 27.2 Å². The lowest BCUT2D eigenvalue weighted by atomic mass is 10.1. The highest BCUT2D eigenvalue weighted by Gasteiger charge is 2.33. The van der Waals surface area contributed by atoms with Gasteiger partial charge in [-0.3, -0.25) is 9.59 Å². The van der Waals surface area contributed by atoms with Gasteiger partial charge in [0.25, 0.3) is 0 Å². The minimum Gasteiger partial charge on any atom is -0.354 e. The fourth-order valence-corrected chi connectivity index (χ4v) is 4.19. The standard InChI is InChI=1S/C23H30F2N4O4S/c1-5-14-26-23(31)17(2)28(15-18-10-12-19(24)13-11-18)22(30)16-29(34(32,33)27(3)4)21-9-7-6-8-20(21)25/h6-13,17H,5,14-16H2,1-4H3,(H,26,31). The Bertz CT molecular complexity index is 1090. The largest absolute Gasteiger partial charge is 0.354 e. The average Bonchev–Trinajstić information content (AvgIpc) is 2.80. The van der Waals surface area contributed by atoms with E-state index in [0.717, 1.165) is 10.4 Å². The van der Waals surface area contributed by atoms with Gasteiger partial charge in [-0.2, -0.15) is 12.7 Å². The Morgan fingerprint density at radius 2 is 1.65 bits per heavy atom. The summed E-state index contributed by atoms with van der Waals surface area (Å²) in [6, 6.07) is 9.63. The van der Waals surface area contributed by atoms with Crippen LogP contribution in [0.4, 0.5) is 14.5 Å². The minimum absolute atomic E-state index is 0.0764. The number of nitrogens with one attached hydrogen (secondary N) is 1. The maximum absolute atomic E-state index is 14.5. The van der Waals surface area contributed by atoms with Crippen molar-refractivity contribution in [2.45, 2.75) is 32.9 Å². The van der Waals surface area contributed by atoms with E-state index in [1.807, 2.05) is 6.92 Å². The molecule has 1 N–H and O–H groups in total. The molecule has 2 aromatic carbocycles. The van der Waals surface area contributed by atoms with E-state index in [4.69, 9.17) is 0 Å². The first-order valence-electron chi connectivity index (χ1n) is 10.7. The smallest absolute Gasteiger partial charge is 0.304 e. The number of rotatable bonds is 11. The van der Waals surface area contributed by atoms with E-state index in [1.165, 1.54) is 68.4 Å². The average molecular weight is 497 g/mol. The third-order valence-corrected chi connectivity index (χ3v) is 6.93. The van der Waals surface area contributed by atoms with Crippen molar-refractivity contribution in [3.8, 4) is 0 Å². The van der Waals surface area contributed by atoms with Gasteiger partial charge in [0.1, 0.15) is 24.2 Å². The van der Waals surface area contributed by atoms with Crippen molar-refractivity contribution in [1.29, 1.82) is 0 Å². The second kappa shape index (κ2) is 11.9. The number of para-hydroxylation sites is 1. The molecule has 1 atom stereocenters. The number of carbonyl (C=O) groups excluding carboxylic acids is 2. The number of hydrogen-bond donors (Lipinski definition) is 1. The third-order valence-electron chi connectivity index (χ3n) is 5.12. The highest BCUT2D eigenvalue weighted by atomic mass is 32.2. The Morgan fingerprint density at radius 3 is 2.21 bits per heavy atom. The molecule has 2 aromatic rings. The van der Waals surface area contributed by atoms with Crippen LogP contribution in [0, 0.1) is 11.6 Å². The van der Waals surface area contributed by atoms with E-state index < -0.39 is 46.2 Å².